The molecule has 22 heavy (non-hydrogen) atoms. The third kappa shape index (κ3) is 2.55. The van der Waals surface area contributed by atoms with Gasteiger partial charge in [0.05, 0.1) is 12.8 Å². The van der Waals surface area contributed by atoms with Gasteiger partial charge in [-0.2, -0.15) is 0 Å². The molecule has 0 fully saturated rings. The van der Waals surface area contributed by atoms with Crippen molar-refractivity contribution >= 4 is 17.2 Å². The van der Waals surface area contributed by atoms with Gasteiger partial charge in [-0.25, -0.2) is 9.37 Å². The first-order valence-corrected chi connectivity index (χ1v) is 6.79. The van der Waals surface area contributed by atoms with E-state index in [1.165, 1.54) is 12.3 Å². The van der Waals surface area contributed by atoms with Gasteiger partial charge in [-0.1, -0.05) is 6.07 Å². The highest BCUT2D eigenvalue weighted by Gasteiger charge is 2.09. The molecule has 0 aliphatic rings. The average molecular weight is 298 g/mol. The van der Waals surface area contributed by atoms with E-state index in [2.05, 4.69) is 15.2 Å². The Balaban J connectivity index is 2.08. The minimum absolute atomic E-state index is 0.352. The van der Waals surface area contributed by atoms with Crippen LogP contribution in [-0.2, 0) is 0 Å². The Hall–Kier alpha value is -2.76. The molecule has 112 valence electrons. The van der Waals surface area contributed by atoms with Gasteiger partial charge in [0.25, 0.3) is 0 Å². The summed E-state index contributed by atoms with van der Waals surface area (Å²) < 4.78 is 20.3. The second-order valence-corrected chi connectivity index (χ2v) is 4.97. The van der Waals surface area contributed by atoms with E-state index < -0.39 is 0 Å². The van der Waals surface area contributed by atoms with E-state index in [-0.39, 0.29) is 5.82 Å². The van der Waals surface area contributed by atoms with E-state index in [4.69, 9.17) is 4.74 Å². The lowest BCUT2D eigenvalue weighted by atomic mass is 10.2. The van der Waals surface area contributed by atoms with Crippen LogP contribution in [0, 0.1) is 19.7 Å². The highest BCUT2D eigenvalue weighted by Crippen LogP contribution is 2.31. The summed E-state index contributed by atoms with van der Waals surface area (Å²) >= 11 is 0. The lowest BCUT2D eigenvalue weighted by molar-refractivity contribution is 0.415. The molecule has 0 amide bonds. The number of nitrogens with zero attached hydrogens (tertiary/aromatic N) is 4. The zero-order valence-electron chi connectivity index (χ0n) is 12.5. The number of aromatic nitrogens is 2. The number of halogens is 1. The van der Waals surface area contributed by atoms with Crippen LogP contribution in [0.2, 0.25) is 0 Å². The summed E-state index contributed by atoms with van der Waals surface area (Å²) in [5.41, 5.74) is 2.98. The van der Waals surface area contributed by atoms with Crippen molar-refractivity contribution < 1.29 is 9.13 Å². The smallest absolute Gasteiger partial charge is 0.182 e. The van der Waals surface area contributed by atoms with Crippen LogP contribution in [0.5, 0.6) is 5.75 Å². The summed E-state index contributed by atoms with van der Waals surface area (Å²) in [5, 5.41) is 8.47. The van der Waals surface area contributed by atoms with Gasteiger partial charge in [0.2, 0.25) is 0 Å². The number of aryl methyl sites for hydroxylation is 2. The summed E-state index contributed by atoms with van der Waals surface area (Å²) in [5.74, 6) is 0.777. The first kappa shape index (κ1) is 14.2. The molecule has 2 heterocycles. The number of hydrogen-bond donors (Lipinski definition) is 0. The summed E-state index contributed by atoms with van der Waals surface area (Å²) in [4.78, 5) is 4.34. The summed E-state index contributed by atoms with van der Waals surface area (Å²) in [7, 11) is 1.58. The van der Waals surface area contributed by atoms with Crippen LogP contribution in [0.1, 0.15) is 11.3 Å². The lowest BCUT2D eigenvalue weighted by Gasteiger charge is -2.04. The molecule has 2 aromatic heterocycles. The van der Waals surface area contributed by atoms with E-state index >= 15 is 0 Å². The monoisotopic (exact) mass is 298 g/mol. The Kier molecular flexibility index (Phi) is 3.58. The van der Waals surface area contributed by atoms with Crippen molar-refractivity contribution in [2.24, 2.45) is 10.2 Å². The Morgan fingerprint density at radius 2 is 1.95 bits per heavy atom. The molecule has 5 nitrogen and oxygen atoms in total. The number of azo groups is 1. The molecule has 0 saturated carbocycles. The standard InChI is InChI=1S/C16H15FN4O/c1-10-4-6-14(22-3)13(8-10)19-20-16-11(2)18-15-7-5-12(17)9-21(15)16/h4-9H,1-3H3. The number of rotatable bonds is 3. The number of fused-ring (bicyclic) bond motifs is 1. The first-order chi connectivity index (χ1) is 10.6. The number of ether oxygens (including phenoxy) is 1. The van der Waals surface area contributed by atoms with Crippen LogP contribution in [0.25, 0.3) is 5.65 Å². The fraction of sp³-hybridized carbons (Fsp3) is 0.188. The largest absolute Gasteiger partial charge is 0.494 e. The van der Waals surface area contributed by atoms with Crippen molar-refractivity contribution in [3.05, 3.63) is 53.6 Å². The predicted octanol–water partition coefficient (Wildman–Crippen LogP) is 4.51. The Bertz CT molecular complexity index is 870. The fourth-order valence-electron chi connectivity index (χ4n) is 2.22. The van der Waals surface area contributed by atoms with Crippen molar-refractivity contribution in [3.63, 3.8) is 0 Å². The molecule has 0 radical (unpaired) electrons. The maximum atomic E-state index is 13.4. The summed E-state index contributed by atoms with van der Waals surface area (Å²) in [6.45, 7) is 3.78. The average Bonchev–Trinajstić information content (AvgIpc) is 2.80. The van der Waals surface area contributed by atoms with Gasteiger partial charge in [-0.05, 0) is 43.7 Å². The van der Waals surface area contributed by atoms with E-state index in [1.807, 2.05) is 32.0 Å². The maximum Gasteiger partial charge on any atom is 0.182 e. The molecule has 3 aromatic rings. The molecule has 0 unspecified atom stereocenters. The molecule has 3 rings (SSSR count). The van der Waals surface area contributed by atoms with E-state index in [0.29, 0.717) is 28.6 Å². The third-order valence-corrected chi connectivity index (χ3v) is 3.31. The van der Waals surface area contributed by atoms with Crippen molar-refractivity contribution in [2.45, 2.75) is 13.8 Å². The van der Waals surface area contributed by atoms with Crippen molar-refractivity contribution in [3.8, 4) is 5.75 Å². The number of benzene rings is 1. The van der Waals surface area contributed by atoms with Gasteiger partial charge in [-0.15, -0.1) is 10.2 Å². The van der Waals surface area contributed by atoms with Gasteiger partial charge in [0.1, 0.15) is 22.9 Å². The zero-order chi connectivity index (χ0) is 15.7. The van der Waals surface area contributed by atoms with E-state index in [1.54, 1.807) is 17.6 Å². The topological polar surface area (TPSA) is 51.2 Å². The van der Waals surface area contributed by atoms with Crippen molar-refractivity contribution in [2.75, 3.05) is 7.11 Å². The summed E-state index contributed by atoms with van der Waals surface area (Å²) in [6, 6.07) is 8.62. The number of imidazole rings is 1. The first-order valence-electron chi connectivity index (χ1n) is 6.79. The molecule has 0 N–H and O–H groups in total. The van der Waals surface area contributed by atoms with Crippen LogP contribution in [-0.4, -0.2) is 16.5 Å². The van der Waals surface area contributed by atoms with Crippen LogP contribution in [0.3, 0.4) is 0 Å². The maximum absolute atomic E-state index is 13.4. The van der Waals surface area contributed by atoms with Gasteiger partial charge < -0.3 is 4.74 Å². The SMILES string of the molecule is COc1ccc(C)cc1N=Nc1c(C)nc2ccc(F)cn12. The Morgan fingerprint density at radius 1 is 1.14 bits per heavy atom. The van der Waals surface area contributed by atoms with Crippen molar-refractivity contribution in [1.82, 2.24) is 9.38 Å². The Labute approximate surface area is 127 Å². The van der Waals surface area contributed by atoms with Crippen molar-refractivity contribution in [1.29, 1.82) is 0 Å². The van der Waals surface area contributed by atoms with Gasteiger partial charge >= 0.3 is 0 Å². The van der Waals surface area contributed by atoms with Crippen LogP contribution < -0.4 is 4.74 Å². The molecule has 0 aliphatic heterocycles. The molecule has 0 spiro atoms. The highest BCUT2D eigenvalue weighted by molar-refractivity contribution is 5.55. The third-order valence-electron chi connectivity index (χ3n) is 3.31. The predicted molar refractivity (Wildman–Crippen MR) is 81.8 cm³/mol. The number of methoxy groups -OCH3 is 1. The number of hydrogen-bond acceptors (Lipinski definition) is 4. The molecular formula is C16H15FN4O. The lowest BCUT2D eigenvalue weighted by Crippen LogP contribution is -1.86. The molecule has 0 aliphatic carbocycles. The fourth-order valence-corrected chi connectivity index (χ4v) is 2.22. The van der Waals surface area contributed by atoms with Gasteiger partial charge in [-0.3, -0.25) is 4.40 Å². The minimum atomic E-state index is -0.352. The summed E-state index contributed by atoms with van der Waals surface area (Å²) in [6.07, 6.45) is 1.34. The quantitative estimate of drug-likeness (QED) is 0.668. The Morgan fingerprint density at radius 3 is 2.73 bits per heavy atom. The highest BCUT2D eigenvalue weighted by atomic mass is 19.1. The normalized spacial score (nSPS) is 11.5. The van der Waals surface area contributed by atoms with Crippen LogP contribution in [0.15, 0.2) is 46.8 Å². The van der Waals surface area contributed by atoms with Gasteiger partial charge in [0.15, 0.2) is 5.82 Å². The van der Waals surface area contributed by atoms with E-state index in [9.17, 15) is 4.39 Å². The van der Waals surface area contributed by atoms with E-state index in [0.717, 1.165) is 5.56 Å². The number of pyridine rings is 1. The zero-order valence-corrected chi connectivity index (χ0v) is 12.5. The molecular weight excluding hydrogens is 283 g/mol. The molecule has 6 heteroatoms. The van der Waals surface area contributed by atoms with Gasteiger partial charge in [0, 0.05) is 6.20 Å². The second-order valence-electron chi connectivity index (χ2n) is 4.97. The second kappa shape index (κ2) is 5.55. The molecule has 1 aromatic carbocycles. The molecule has 0 bridgehead atoms. The molecule has 0 saturated heterocycles. The molecule has 0 atom stereocenters. The van der Waals surface area contributed by atoms with Crippen LogP contribution >= 0.6 is 0 Å². The van der Waals surface area contributed by atoms with Crippen LogP contribution in [0.4, 0.5) is 15.9 Å². The minimum Gasteiger partial charge on any atom is -0.494 e.